The Morgan fingerprint density at radius 1 is 1.09 bits per heavy atom. The molecule has 4 aromatic rings. The zero-order valence-electron chi connectivity index (χ0n) is 18.8. The molecule has 4 rings (SSSR count). The van der Waals surface area contributed by atoms with Crippen LogP contribution in [0.1, 0.15) is 43.6 Å². The fourth-order valence-corrected chi connectivity index (χ4v) is 3.75. The number of ether oxygens (including phenoxy) is 1. The first-order valence-electron chi connectivity index (χ1n) is 10.5. The first kappa shape index (κ1) is 23.0. The Hall–Kier alpha value is -3.14. The highest BCUT2D eigenvalue weighted by Gasteiger charge is 2.21. The molecule has 0 fully saturated rings. The van der Waals surface area contributed by atoms with Crippen molar-refractivity contribution in [3.63, 3.8) is 0 Å². The minimum absolute atomic E-state index is 0.169. The van der Waals surface area contributed by atoms with E-state index in [9.17, 15) is 4.79 Å². The maximum absolute atomic E-state index is 13.2. The predicted octanol–water partition coefficient (Wildman–Crippen LogP) is 6.55. The molecule has 0 saturated carbocycles. The lowest BCUT2D eigenvalue weighted by Crippen LogP contribution is -2.16. The number of anilines is 1. The second-order valence-electron chi connectivity index (χ2n) is 8.47. The highest BCUT2D eigenvalue weighted by molar-refractivity contribution is 14.1. The van der Waals surface area contributed by atoms with Gasteiger partial charge in [0, 0.05) is 14.8 Å². The predicted molar refractivity (Wildman–Crippen MR) is 134 cm³/mol. The van der Waals surface area contributed by atoms with Crippen molar-refractivity contribution in [1.82, 2.24) is 10.2 Å². The largest absolute Gasteiger partial charge is 0.493 e. The zero-order chi connectivity index (χ0) is 23.6. The number of rotatable bonds is 6. The number of hydrogen-bond acceptors (Lipinski definition) is 6. The van der Waals surface area contributed by atoms with E-state index in [4.69, 9.17) is 13.6 Å². The number of aromatic nitrogens is 2. The average molecular weight is 557 g/mol. The molecular formula is C25H24IN3O4. The highest BCUT2D eigenvalue weighted by Crippen LogP contribution is 2.33. The summed E-state index contributed by atoms with van der Waals surface area (Å²) in [7, 11) is 0. The number of carbonyl (C=O) groups is 1. The normalized spacial score (nSPS) is 11.4. The molecule has 2 aromatic carbocycles. The molecule has 0 bridgehead atoms. The molecule has 2 heterocycles. The van der Waals surface area contributed by atoms with Crippen molar-refractivity contribution >= 4 is 34.2 Å². The molecule has 0 aliphatic heterocycles. The number of furan rings is 1. The van der Waals surface area contributed by atoms with Crippen molar-refractivity contribution in [3.05, 3.63) is 69.5 Å². The van der Waals surface area contributed by atoms with Gasteiger partial charge in [0.1, 0.15) is 5.75 Å². The molecule has 0 aliphatic rings. The number of nitrogens with zero attached hydrogens (tertiary/aromatic N) is 2. The summed E-state index contributed by atoms with van der Waals surface area (Å²) in [5.41, 5.74) is 2.65. The van der Waals surface area contributed by atoms with Gasteiger partial charge in [0.25, 0.3) is 11.8 Å². The van der Waals surface area contributed by atoms with E-state index in [1.165, 1.54) is 0 Å². The molecule has 2 aromatic heterocycles. The summed E-state index contributed by atoms with van der Waals surface area (Å²) in [5, 5.41) is 11.3. The summed E-state index contributed by atoms with van der Waals surface area (Å²) in [5.74, 6) is 1.42. The van der Waals surface area contributed by atoms with E-state index in [0.29, 0.717) is 46.7 Å². The zero-order valence-corrected chi connectivity index (χ0v) is 21.0. The van der Waals surface area contributed by atoms with E-state index >= 15 is 0 Å². The van der Waals surface area contributed by atoms with Crippen LogP contribution in [0.2, 0.25) is 0 Å². The van der Waals surface area contributed by atoms with Gasteiger partial charge in [-0.3, -0.25) is 4.79 Å². The van der Waals surface area contributed by atoms with Gasteiger partial charge in [0.05, 0.1) is 18.4 Å². The van der Waals surface area contributed by atoms with E-state index in [-0.39, 0.29) is 11.3 Å². The van der Waals surface area contributed by atoms with Crippen LogP contribution in [0.15, 0.2) is 63.6 Å². The summed E-state index contributed by atoms with van der Waals surface area (Å²) < 4.78 is 17.8. The van der Waals surface area contributed by atoms with E-state index in [0.717, 1.165) is 9.13 Å². The van der Waals surface area contributed by atoms with E-state index < -0.39 is 0 Å². The third kappa shape index (κ3) is 5.27. The summed E-state index contributed by atoms with van der Waals surface area (Å²) in [6.07, 6.45) is 1.55. The van der Waals surface area contributed by atoms with Gasteiger partial charge in [-0.25, -0.2) is 0 Å². The van der Waals surface area contributed by atoms with Crippen LogP contribution in [-0.2, 0) is 5.41 Å². The van der Waals surface area contributed by atoms with Crippen molar-refractivity contribution in [2.75, 3.05) is 11.9 Å². The molecule has 0 aliphatic carbocycles. The summed E-state index contributed by atoms with van der Waals surface area (Å²) in [6.45, 7) is 8.67. The lowest BCUT2D eigenvalue weighted by molar-refractivity contribution is 0.102. The van der Waals surface area contributed by atoms with Crippen LogP contribution in [-0.4, -0.2) is 22.7 Å². The number of hydrogen-bond donors (Lipinski definition) is 1. The lowest BCUT2D eigenvalue weighted by atomic mass is 9.85. The van der Waals surface area contributed by atoms with Crippen molar-refractivity contribution in [2.24, 2.45) is 0 Å². The Kier molecular flexibility index (Phi) is 6.55. The van der Waals surface area contributed by atoms with E-state index in [1.54, 1.807) is 18.4 Å². The van der Waals surface area contributed by atoms with Gasteiger partial charge in [0.2, 0.25) is 5.89 Å². The molecule has 8 heteroatoms. The van der Waals surface area contributed by atoms with Crippen molar-refractivity contribution in [1.29, 1.82) is 0 Å². The van der Waals surface area contributed by atoms with Crippen LogP contribution in [0.3, 0.4) is 0 Å². The standard InChI is InChI=1S/C25H24IN3O4/c1-5-31-20-9-8-17(26)14-19(20)22(30)27-18-12-15(11-16(13-18)25(2,3)4)23-28-29-24(33-23)21-7-6-10-32-21/h6-14H,5H2,1-4H3,(H,27,30). The van der Waals surface area contributed by atoms with Crippen LogP contribution in [0.4, 0.5) is 5.69 Å². The number of amides is 1. The third-order valence-corrected chi connectivity index (χ3v) is 5.62. The van der Waals surface area contributed by atoms with Gasteiger partial charge >= 0.3 is 0 Å². The molecule has 0 spiro atoms. The monoisotopic (exact) mass is 557 g/mol. The first-order valence-corrected chi connectivity index (χ1v) is 11.6. The molecule has 0 unspecified atom stereocenters. The number of nitrogens with one attached hydrogen (secondary N) is 1. The Morgan fingerprint density at radius 3 is 2.58 bits per heavy atom. The van der Waals surface area contributed by atoms with Crippen molar-refractivity contribution in [3.8, 4) is 28.9 Å². The highest BCUT2D eigenvalue weighted by atomic mass is 127. The van der Waals surface area contributed by atoms with Crippen LogP contribution in [0.25, 0.3) is 23.1 Å². The van der Waals surface area contributed by atoms with Gasteiger partial charge in [-0.05, 0) is 89.0 Å². The maximum atomic E-state index is 13.2. The molecule has 7 nitrogen and oxygen atoms in total. The maximum Gasteiger partial charge on any atom is 0.283 e. The second kappa shape index (κ2) is 9.38. The molecule has 0 radical (unpaired) electrons. The number of benzene rings is 2. The Labute approximate surface area is 205 Å². The number of halogens is 1. The van der Waals surface area contributed by atoms with Gasteiger partial charge in [-0.1, -0.05) is 20.8 Å². The van der Waals surface area contributed by atoms with Gasteiger partial charge in [-0.2, -0.15) is 0 Å². The fourth-order valence-electron chi connectivity index (χ4n) is 3.26. The second-order valence-corrected chi connectivity index (χ2v) is 9.71. The van der Waals surface area contributed by atoms with Gasteiger partial charge in [-0.15, -0.1) is 10.2 Å². The summed E-state index contributed by atoms with van der Waals surface area (Å²) >= 11 is 2.18. The van der Waals surface area contributed by atoms with Crippen LogP contribution in [0, 0.1) is 3.57 Å². The minimum Gasteiger partial charge on any atom is -0.493 e. The smallest absolute Gasteiger partial charge is 0.283 e. The molecule has 1 amide bonds. The molecule has 1 N–H and O–H groups in total. The van der Waals surface area contributed by atoms with Crippen molar-refractivity contribution in [2.45, 2.75) is 33.1 Å². The topological polar surface area (TPSA) is 90.4 Å². The molecule has 33 heavy (non-hydrogen) atoms. The number of carbonyl (C=O) groups excluding carboxylic acids is 1. The fraction of sp³-hybridized carbons (Fsp3) is 0.240. The SMILES string of the molecule is CCOc1ccc(I)cc1C(=O)Nc1cc(-c2nnc(-c3ccco3)o2)cc(C(C)(C)C)c1. The summed E-state index contributed by atoms with van der Waals surface area (Å²) in [4.78, 5) is 13.2. The van der Waals surface area contributed by atoms with E-state index in [2.05, 4.69) is 58.9 Å². The average Bonchev–Trinajstić information content (AvgIpc) is 3.46. The Balaban J connectivity index is 1.71. The third-order valence-electron chi connectivity index (χ3n) is 4.95. The first-order chi connectivity index (χ1) is 15.7. The Bertz CT molecular complexity index is 1270. The molecular weight excluding hydrogens is 533 g/mol. The van der Waals surface area contributed by atoms with E-state index in [1.807, 2.05) is 43.3 Å². The van der Waals surface area contributed by atoms with Crippen molar-refractivity contribution < 1.29 is 18.4 Å². The lowest BCUT2D eigenvalue weighted by Gasteiger charge is -2.21. The van der Waals surface area contributed by atoms with Crippen LogP contribution in [0.5, 0.6) is 5.75 Å². The van der Waals surface area contributed by atoms with Crippen LogP contribution >= 0.6 is 22.6 Å². The summed E-state index contributed by atoms with van der Waals surface area (Å²) in [6, 6.07) is 14.8. The molecule has 0 atom stereocenters. The van der Waals surface area contributed by atoms with Gasteiger partial charge < -0.3 is 18.9 Å². The minimum atomic E-state index is -0.254. The van der Waals surface area contributed by atoms with Gasteiger partial charge in [0.15, 0.2) is 5.76 Å². The molecule has 0 saturated heterocycles. The molecule has 170 valence electrons. The van der Waals surface area contributed by atoms with Crippen LogP contribution < -0.4 is 10.1 Å². The quantitative estimate of drug-likeness (QED) is 0.271. The Morgan fingerprint density at radius 2 is 1.88 bits per heavy atom.